The zero-order valence-corrected chi connectivity index (χ0v) is 13.2. The lowest BCUT2D eigenvalue weighted by molar-refractivity contribution is 0.198. The fourth-order valence-electron chi connectivity index (χ4n) is 2.35. The minimum Gasteiger partial charge on any atom is -0.380 e. The molecule has 0 amide bonds. The van der Waals surface area contributed by atoms with Crippen molar-refractivity contribution in [3.63, 3.8) is 0 Å². The number of hydrogen-bond donors (Lipinski definition) is 1. The highest BCUT2D eigenvalue weighted by atomic mass is 32.2. The molecular weight excluding hydrogens is 293 g/mol. The highest BCUT2D eigenvalue weighted by Gasteiger charge is 2.32. The number of nitrogens with one attached hydrogen (secondary N) is 1. The SMILES string of the molecule is CC(C)[C@@H](Cc1ccc(F)cc1)NS(=O)(=O)[C@H]1CCOC1. The summed E-state index contributed by atoms with van der Waals surface area (Å²) in [5.41, 5.74) is 0.917. The van der Waals surface area contributed by atoms with E-state index in [1.807, 2.05) is 13.8 Å². The fourth-order valence-corrected chi connectivity index (χ4v) is 4.00. The fraction of sp³-hybridized carbons (Fsp3) is 0.600. The maximum atomic E-state index is 12.9. The lowest BCUT2D eigenvalue weighted by Gasteiger charge is -2.24. The first kappa shape index (κ1) is 16.4. The van der Waals surface area contributed by atoms with Gasteiger partial charge in [0.05, 0.1) is 6.61 Å². The van der Waals surface area contributed by atoms with Crippen LogP contribution in [0.3, 0.4) is 0 Å². The van der Waals surface area contributed by atoms with Gasteiger partial charge in [-0.05, 0) is 36.5 Å². The van der Waals surface area contributed by atoms with Gasteiger partial charge in [0, 0.05) is 12.6 Å². The molecule has 118 valence electrons. The smallest absolute Gasteiger partial charge is 0.217 e. The molecule has 21 heavy (non-hydrogen) atoms. The molecule has 1 aromatic rings. The molecule has 0 radical (unpaired) electrons. The third-order valence-electron chi connectivity index (χ3n) is 3.82. The summed E-state index contributed by atoms with van der Waals surface area (Å²) in [6.45, 7) is 4.70. The van der Waals surface area contributed by atoms with Gasteiger partial charge >= 0.3 is 0 Å². The van der Waals surface area contributed by atoms with E-state index >= 15 is 0 Å². The quantitative estimate of drug-likeness (QED) is 0.874. The van der Waals surface area contributed by atoms with Crippen molar-refractivity contribution in [2.24, 2.45) is 5.92 Å². The predicted molar refractivity (Wildman–Crippen MR) is 80.0 cm³/mol. The molecule has 0 aliphatic carbocycles. The second-order valence-corrected chi connectivity index (χ2v) is 7.82. The number of hydrogen-bond acceptors (Lipinski definition) is 3. The molecule has 0 aromatic heterocycles. The highest BCUT2D eigenvalue weighted by Crippen LogP contribution is 2.17. The second-order valence-electron chi connectivity index (χ2n) is 5.83. The number of ether oxygens (including phenoxy) is 1. The largest absolute Gasteiger partial charge is 0.380 e. The molecule has 2 rings (SSSR count). The third-order valence-corrected chi connectivity index (χ3v) is 5.70. The van der Waals surface area contributed by atoms with Crippen molar-refractivity contribution in [3.8, 4) is 0 Å². The molecule has 0 unspecified atom stereocenters. The molecule has 1 aromatic carbocycles. The molecule has 1 fully saturated rings. The Kier molecular flexibility index (Phi) is 5.35. The summed E-state index contributed by atoms with van der Waals surface area (Å²) < 4.78 is 45.6. The van der Waals surface area contributed by atoms with Crippen molar-refractivity contribution >= 4 is 10.0 Å². The van der Waals surface area contributed by atoms with Crippen LogP contribution in [0, 0.1) is 11.7 Å². The zero-order valence-electron chi connectivity index (χ0n) is 12.4. The van der Waals surface area contributed by atoms with Crippen LogP contribution < -0.4 is 4.72 Å². The molecule has 6 heteroatoms. The van der Waals surface area contributed by atoms with Crippen LogP contribution >= 0.6 is 0 Å². The molecule has 4 nitrogen and oxygen atoms in total. The van der Waals surface area contributed by atoms with Gasteiger partial charge in [-0.3, -0.25) is 0 Å². The van der Waals surface area contributed by atoms with Crippen molar-refractivity contribution in [3.05, 3.63) is 35.6 Å². The van der Waals surface area contributed by atoms with Crippen molar-refractivity contribution in [2.75, 3.05) is 13.2 Å². The molecule has 0 bridgehead atoms. The molecule has 1 saturated heterocycles. The van der Waals surface area contributed by atoms with Crippen LogP contribution in [0.5, 0.6) is 0 Å². The Morgan fingerprint density at radius 1 is 1.33 bits per heavy atom. The van der Waals surface area contributed by atoms with Crippen molar-refractivity contribution in [1.29, 1.82) is 0 Å². The van der Waals surface area contributed by atoms with Gasteiger partial charge in [-0.25, -0.2) is 17.5 Å². The van der Waals surface area contributed by atoms with E-state index in [2.05, 4.69) is 4.72 Å². The zero-order chi connectivity index (χ0) is 15.5. The summed E-state index contributed by atoms with van der Waals surface area (Å²) in [7, 11) is -3.38. The predicted octanol–water partition coefficient (Wildman–Crippen LogP) is 2.10. The number of rotatable bonds is 6. The van der Waals surface area contributed by atoms with E-state index in [9.17, 15) is 12.8 Å². The van der Waals surface area contributed by atoms with Gasteiger partial charge in [0.25, 0.3) is 0 Å². The average molecular weight is 315 g/mol. The summed E-state index contributed by atoms with van der Waals surface area (Å²) in [6, 6.07) is 5.97. The summed E-state index contributed by atoms with van der Waals surface area (Å²) in [4.78, 5) is 0. The standard InChI is InChI=1S/C15H22FNO3S/c1-11(2)15(9-12-3-5-13(16)6-4-12)17-21(18,19)14-7-8-20-10-14/h3-6,11,14-15,17H,7-10H2,1-2H3/t14-,15+/m0/s1. The average Bonchev–Trinajstić information content (AvgIpc) is 2.95. The monoisotopic (exact) mass is 315 g/mol. The van der Waals surface area contributed by atoms with E-state index in [1.54, 1.807) is 12.1 Å². The van der Waals surface area contributed by atoms with Crippen LogP contribution in [0.15, 0.2) is 24.3 Å². The molecule has 0 spiro atoms. The van der Waals surface area contributed by atoms with Gasteiger partial charge in [0.2, 0.25) is 10.0 Å². The van der Waals surface area contributed by atoms with Crippen LogP contribution in [0.25, 0.3) is 0 Å². The van der Waals surface area contributed by atoms with E-state index in [0.29, 0.717) is 19.4 Å². The van der Waals surface area contributed by atoms with Crippen molar-refractivity contribution in [2.45, 2.75) is 38.0 Å². The van der Waals surface area contributed by atoms with Crippen LogP contribution in [-0.4, -0.2) is 32.9 Å². The molecule has 1 heterocycles. The van der Waals surface area contributed by atoms with E-state index in [0.717, 1.165) is 5.56 Å². The Hall–Kier alpha value is -0.980. The maximum Gasteiger partial charge on any atom is 0.217 e. The lowest BCUT2D eigenvalue weighted by Crippen LogP contribution is -2.44. The van der Waals surface area contributed by atoms with E-state index < -0.39 is 15.3 Å². The van der Waals surface area contributed by atoms with Gasteiger partial charge in [-0.15, -0.1) is 0 Å². The summed E-state index contributed by atoms with van der Waals surface area (Å²) >= 11 is 0. The maximum absolute atomic E-state index is 12.9. The summed E-state index contributed by atoms with van der Waals surface area (Å²) in [6.07, 6.45) is 1.08. The Bertz CT molecular complexity index is 551. The Morgan fingerprint density at radius 3 is 2.52 bits per heavy atom. The second kappa shape index (κ2) is 6.85. The summed E-state index contributed by atoms with van der Waals surface area (Å²) in [5, 5.41) is -0.466. The minimum absolute atomic E-state index is 0.146. The molecule has 1 aliphatic heterocycles. The Morgan fingerprint density at radius 2 is 2.00 bits per heavy atom. The normalized spacial score (nSPS) is 20.9. The van der Waals surface area contributed by atoms with Gasteiger partial charge in [-0.2, -0.15) is 0 Å². The minimum atomic E-state index is -3.38. The third kappa shape index (κ3) is 4.49. The van der Waals surface area contributed by atoms with E-state index in [-0.39, 0.29) is 24.4 Å². The van der Waals surface area contributed by atoms with Gasteiger partial charge in [-0.1, -0.05) is 26.0 Å². The van der Waals surface area contributed by atoms with E-state index in [1.165, 1.54) is 12.1 Å². The van der Waals surface area contributed by atoms with Crippen LogP contribution in [0.1, 0.15) is 25.8 Å². The van der Waals surface area contributed by atoms with Gasteiger partial charge < -0.3 is 4.74 Å². The highest BCUT2D eigenvalue weighted by molar-refractivity contribution is 7.90. The van der Waals surface area contributed by atoms with Gasteiger partial charge in [0.15, 0.2) is 0 Å². The Balaban J connectivity index is 2.06. The lowest BCUT2D eigenvalue weighted by atomic mass is 9.97. The number of halogens is 1. The van der Waals surface area contributed by atoms with Crippen LogP contribution in [0.4, 0.5) is 4.39 Å². The number of sulfonamides is 1. The summed E-state index contributed by atoms with van der Waals surface area (Å²) in [5.74, 6) is -0.143. The molecular formula is C15H22FNO3S. The first-order valence-electron chi connectivity index (χ1n) is 7.22. The van der Waals surface area contributed by atoms with Crippen molar-refractivity contribution < 1.29 is 17.5 Å². The Labute approximate surface area is 125 Å². The molecule has 1 N–H and O–H groups in total. The number of benzene rings is 1. The molecule has 0 saturated carbocycles. The first-order valence-corrected chi connectivity index (χ1v) is 8.76. The topological polar surface area (TPSA) is 55.4 Å². The molecule has 2 atom stereocenters. The van der Waals surface area contributed by atoms with Crippen molar-refractivity contribution in [1.82, 2.24) is 4.72 Å². The molecule has 1 aliphatic rings. The van der Waals surface area contributed by atoms with Crippen LogP contribution in [0.2, 0.25) is 0 Å². The van der Waals surface area contributed by atoms with E-state index in [4.69, 9.17) is 4.74 Å². The first-order chi connectivity index (χ1) is 9.88. The van der Waals surface area contributed by atoms with Gasteiger partial charge in [0.1, 0.15) is 11.1 Å². The van der Waals surface area contributed by atoms with Crippen LogP contribution in [-0.2, 0) is 21.2 Å².